The molecule has 6 amide bonds. The standard InChI is InChI=1S/C82H102N12O31/c1-77(2,3)120-59(97)39-114-69-49(25-21-45(89-69)65(103)85-51-27-23-47(91-71(51)116-41-61(99)122-79(7,8)9)67(105)87-53-29-31-55(75(107)109-19)93-73(53)118-43-63(101)124-81(13,14)15)83-57(95)37-112-35-33-111-34-36-113-38-58(96)84-50-26-22-46(90-70(50)115-40-60(98)121-78(4,5)6)66(104)86-52-28-24-48(92-72(52)117-42-62(100)123-80(10,11)12)68(106)88-54-30-32-56(76(108)110-20)94-74(54)119-44-64(102)125-82(16,17)18/h21-32H,33-44H2,1-20H3,(H,83,95)(H,84,96)(H,85,103)(H,86,104)(H,87,105)(H,88,106). The van der Waals surface area contributed by atoms with E-state index in [9.17, 15) is 67.1 Å². The molecule has 676 valence electrons. The predicted molar refractivity (Wildman–Crippen MR) is 438 cm³/mol. The van der Waals surface area contributed by atoms with Gasteiger partial charge in [-0.1, -0.05) is 0 Å². The minimum atomic E-state index is -0.973. The highest BCUT2D eigenvalue weighted by molar-refractivity contribution is 6.08. The van der Waals surface area contributed by atoms with Crippen LogP contribution >= 0.6 is 0 Å². The third kappa shape index (κ3) is 36.4. The Morgan fingerprint density at radius 3 is 0.608 bits per heavy atom. The number of aromatic nitrogens is 6. The van der Waals surface area contributed by atoms with Crippen LogP contribution < -0.4 is 60.3 Å². The second-order valence-electron chi connectivity index (χ2n) is 32.2. The van der Waals surface area contributed by atoms with Gasteiger partial charge in [-0.3, -0.25) is 28.8 Å². The summed E-state index contributed by atoms with van der Waals surface area (Å²) < 4.78 is 92.2. The summed E-state index contributed by atoms with van der Waals surface area (Å²) in [5, 5.41) is 15.2. The van der Waals surface area contributed by atoms with Gasteiger partial charge in [0.15, 0.2) is 51.0 Å². The molecule has 6 heterocycles. The monoisotopic (exact) mass is 1750 g/mol. The lowest BCUT2D eigenvalue weighted by Crippen LogP contribution is -2.28. The number of anilines is 6. The number of hydrogen-bond donors (Lipinski definition) is 6. The van der Waals surface area contributed by atoms with Crippen LogP contribution in [0.4, 0.5) is 34.1 Å². The first-order valence-corrected chi connectivity index (χ1v) is 38.2. The molecule has 0 atom stereocenters. The summed E-state index contributed by atoms with van der Waals surface area (Å²) in [6, 6.07) is 14.5. The highest BCUT2D eigenvalue weighted by atomic mass is 16.6. The molecule has 6 aromatic heterocycles. The summed E-state index contributed by atoms with van der Waals surface area (Å²) >= 11 is 0. The van der Waals surface area contributed by atoms with Crippen molar-refractivity contribution in [2.75, 3.05) is 125 Å². The van der Waals surface area contributed by atoms with Crippen molar-refractivity contribution in [2.45, 2.75) is 158 Å². The number of hydrogen-bond acceptors (Lipinski definition) is 37. The van der Waals surface area contributed by atoms with E-state index in [1.54, 1.807) is 125 Å². The van der Waals surface area contributed by atoms with Crippen molar-refractivity contribution in [3.8, 4) is 35.3 Å². The molecule has 6 aromatic rings. The van der Waals surface area contributed by atoms with E-state index in [0.29, 0.717) is 0 Å². The van der Waals surface area contributed by atoms with Gasteiger partial charge in [0.1, 0.15) is 104 Å². The van der Waals surface area contributed by atoms with E-state index in [1.165, 1.54) is 60.7 Å². The molecule has 43 nitrogen and oxygen atoms in total. The Labute approximate surface area is 718 Å². The van der Waals surface area contributed by atoms with Crippen molar-refractivity contribution in [1.29, 1.82) is 0 Å². The van der Waals surface area contributed by atoms with Crippen molar-refractivity contribution >= 4 is 117 Å². The summed E-state index contributed by atoms with van der Waals surface area (Å²) in [6.07, 6.45) is 0. The SMILES string of the molecule is COC(=O)c1ccc(NC(=O)c2ccc(NC(=O)c3ccc(NC(=O)COCCOCCOCC(=O)Nc4ccc(C(=O)Nc5ccc(C(=O)Nc6ccc(C(=O)OC)nc6OCC(=O)OC(C)(C)C)nc5OCC(=O)OC(C)(C)C)nc4OCC(=O)OC(C)(C)C)c(OCC(=O)OC(C)(C)C)n3)c(OCC(=O)OC(C)(C)C)n2)c(OCC(=O)OC(C)(C)C)n1. The molecular weight excluding hydrogens is 1650 g/mol. The van der Waals surface area contributed by atoms with Crippen molar-refractivity contribution in [1.82, 2.24) is 29.9 Å². The summed E-state index contributed by atoms with van der Waals surface area (Å²) in [6.45, 7) is 23.1. The number of esters is 8. The van der Waals surface area contributed by atoms with Crippen molar-refractivity contribution in [3.63, 3.8) is 0 Å². The third-order valence-corrected chi connectivity index (χ3v) is 14.1. The minimum Gasteiger partial charge on any atom is -0.464 e. The van der Waals surface area contributed by atoms with E-state index in [2.05, 4.69) is 61.8 Å². The van der Waals surface area contributed by atoms with Crippen molar-refractivity contribution in [2.24, 2.45) is 0 Å². The number of carbonyl (C=O) groups is 14. The fraction of sp³-hybridized carbons (Fsp3) is 0.463. The van der Waals surface area contributed by atoms with E-state index in [4.69, 9.17) is 80.5 Å². The first-order chi connectivity index (χ1) is 58.3. The fourth-order valence-corrected chi connectivity index (χ4v) is 9.59. The van der Waals surface area contributed by atoms with Gasteiger partial charge in [-0.2, -0.15) is 0 Å². The lowest BCUT2D eigenvalue weighted by molar-refractivity contribution is -0.158. The molecule has 0 spiro atoms. The molecule has 0 saturated heterocycles. The zero-order valence-corrected chi connectivity index (χ0v) is 72.8. The maximum Gasteiger partial charge on any atom is 0.356 e. The third-order valence-electron chi connectivity index (χ3n) is 14.1. The topological polar surface area (TPSA) is 545 Å². The number of ether oxygens (including phenoxy) is 17. The molecule has 0 fully saturated rings. The van der Waals surface area contributed by atoms with Gasteiger partial charge in [0.2, 0.25) is 35.3 Å². The lowest BCUT2D eigenvalue weighted by Gasteiger charge is -2.20. The van der Waals surface area contributed by atoms with Gasteiger partial charge in [0.05, 0.1) is 40.6 Å². The lowest BCUT2D eigenvalue weighted by atomic mass is 10.2. The minimum absolute atomic E-state index is 0.0883. The number of amides is 6. The van der Waals surface area contributed by atoms with E-state index >= 15 is 0 Å². The van der Waals surface area contributed by atoms with Gasteiger partial charge >= 0.3 is 47.8 Å². The van der Waals surface area contributed by atoms with Gasteiger partial charge < -0.3 is 112 Å². The van der Waals surface area contributed by atoms with Crippen LogP contribution in [0.1, 0.15) is 188 Å². The summed E-state index contributed by atoms with van der Waals surface area (Å²) in [5.74, 6) is -14.7. The largest absolute Gasteiger partial charge is 0.464 e. The van der Waals surface area contributed by atoms with Crippen LogP contribution in [0, 0.1) is 0 Å². The Morgan fingerprint density at radius 1 is 0.240 bits per heavy atom. The summed E-state index contributed by atoms with van der Waals surface area (Å²) in [5.41, 5.74) is -8.58. The molecule has 43 heteroatoms. The molecule has 6 rings (SSSR count). The molecule has 0 saturated carbocycles. The molecule has 125 heavy (non-hydrogen) atoms. The number of nitrogens with zero attached hydrogens (tertiary/aromatic N) is 6. The summed E-state index contributed by atoms with van der Waals surface area (Å²) in [4.78, 5) is 209. The molecule has 0 aliphatic carbocycles. The van der Waals surface area contributed by atoms with Gasteiger partial charge in [-0.05, 0) is 197 Å². The second-order valence-corrected chi connectivity index (χ2v) is 32.2. The van der Waals surface area contributed by atoms with Gasteiger partial charge in [0.25, 0.3) is 35.4 Å². The normalized spacial score (nSPS) is 11.5. The van der Waals surface area contributed by atoms with Crippen LogP contribution in [-0.2, 0) is 90.5 Å². The van der Waals surface area contributed by atoms with Crippen molar-refractivity contribution in [3.05, 3.63) is 107 Å². The van der Waals surface area contributed by atoms with Gasteiger partial charge in [-0.15, -0.1) is 0 Å². The molecule has 0 aromatic carbocycles. The van der Waals surface area contributed by atoms with Crippen LogP contribution in [0.2, 0.25) is 0 Å². The predicted octanol–water partition coefficient (Wildman–Crippen LogP) is 7.59. The average molecular weight is 1750 g/mol. The quantitative estimate of drug-likeness (QED) is 0.0122. The first kappa shape index (κ1) is 100.0. The molecule has 0 unspecified atom stereocenters. The highest BCUT2D eigenvalue weighted by Gasteiger charge is 2.30. The van der Waals surface area contributed by atoms with Gasteiger partial charge in [-0.25, -0.2) is 68.3 Å². The zero-order valence-electron chi connectivity index (χ0n) is 72.8. The molecular formula is C82H102N12O31. The van der Waals surface area contributed by atoms with E-state index in [0.717, 1.165) is 26.4 Å². The Hall–Kier alpha value is -13.8. The Morgan fingerprint density at radius 2 is 0.416 bits per heavy atom. The molecule has 0 aliphatic heterocycles. The van der Waals surface area contributed by atoms with Crippen molar-refractivity contribution < 1.29 is 148 Å². The number of carbonyl (C=O) groups excluding carboxylic acids is 14. The molecule has 0 radical (unpaired) electrons. The Kier molecular flexibility index (Phi) is 35.8. The second kappa shape index (κ2) is 44.8. The van der Waals surface area contributed by atoms with Crippen LogP contribution in [-0.4, -0.2) is 240 Å². The van der Waals surface area contributed by atoms with Gasteiger partial charge in [0, 0.05) is 0 Å². The number of methoxy groups -OCH3 is 2. The molecule has 6 N–H and O–H groups in total. The average Bonchev–Trinajstić information content (AvgIpc) is 0.815. The number of rotatable bonds is 40. The van der Waals surface area contributed by atoms with Crippen LogP contribution in [0.3, 0.4) is 0 Å². The fourth-order valence-electron chi connectivity index (χ4n) is 9.59. The Balaban J connectivity index is 1.09. The molecule has 0 aliphatic rings. The number of nitrogens with one attached hydrogen (secondary N) is 6. The van der Waals surface area contributed by atoms with Crippen LogP contribution in [0.5, 0.6) is 35.3 Å². The zero-order chi connectivity index (χ0) is 93.0. The molecule has 0 bridgehead atoms. The smallest absolute Gasteiger partial charge is 0.356 e. The van der Waals surface area contributed by atoms with E-state index < -0.39 is 193 Å². The van der Waals surface area contributed by atoms with Crippen LogP contribution in [0.25, 0.3) is 0 Å². The van der Waals surface area contributed by atoms with E-state index in [-0.39, 0.29) is 106 Å². The number of pyridine rings is 6. The highest BCUT2D eigenvalue weighted by Crippen LogP contribution is 2.32. The van der Waals surface area contributed by atoms with Crippen LogP contribution in [0.15, 0.2) is 72.8 Å². The summed E-state index contributed by atoms with van der Waals surface area (Å²) in [7, 11) is 2.23. The van der Waals surface area contributed by atoms with E-state index in [1.807, 2.05) is 0 Å². The Bertz CT molecular complexity index is 4640. The maximum atomic E-state index is 14.1. The maximum absolute atomic E-state index is 14.1. The first-order valence-electron chi connectivity index (χ1n) is 38.2.